The molecule has 0 aromatic heterocycles. The molecule has 0 unspecified atom stereocenters. The van der Waals surface area contributed by atoms with Gasteiger partial charge >= 0.3 is 18.0 Å². The molecule has 0 saturated carbocycles. The fraction of sp³-hybridized carbons (Fsp3) is 0.700. The lowest BCUT2D eigenvalue weighted by atomic mass is 10.1. The van der Waals surface area contributed by atoms with Crippen LogP contribution in [0.3, 0.4) is 0 Å². The van der Waals surface area contributed by atoms with Crippen LogP contribution in [0.1, 0.15) is 19.8 Å². The molecule has 0 heterocycles. The van der Waals surface area contributed by atoms with Crippen LogP contribution in [0.5, 0.6) is 0 Å². The van der Waals surface area contributed by atoms with Crippen LogP contribution in [0.4, 0.5) is 4.79 Å². The summed E-state index contributed by atoms with van der Waals surface area (Å²) in [6, 6.07) is -2.19. The van der Waals surface area contributed by atoms with Crippen molar-refractivity contribution in [2.24, 2.45) is 0 Å². The SMILES string of the molecule is CCS(=O)(=O)CCNC(=O)N[C@@H](CCC(=O)O)C(=O)O. The summed E-state index contributed by atoms with van der Waals surface area (Å²) in [6.45, 7) is 1.33. The van der Waals surface area contributed by atoms with Crippen LogP contribution < -0.4 is 10.6 Å². The van der Waals surface area contributed by atoms with Gasteiger partial charge in [0.05, 0.1) is 5.75 Å². The molecule has 20 heavy (non-hydrogen) atoms. The Kier molecular flexibility index (Phi) is 7.59. The van der Waals surface area contributed by atoms with Gasteiger partial charge in [-0.2, -0.15) is 0 Å². The minimum Gasteiger partial charge on any atom is -0.481 e. The van der Waals surface area contributed by atoms with Crippen LogP contribution in [0, 0.1) is 0 Å². The third-order valence-electron chi connectivity index (χ3n) is 2.39. The Bertz CT molecular complexity index is 460. The summed E-state index contributed by atoms with van der Waals surface area (Å²) in [7, 11) is -3.22. The molecule has 4 N–H and O–H groups in total. The van der Waals surface area contributed by atoms with Crippen molar-refractivity contribution in [1.29, 1.82) is 0 Å². The van der Waals surface area contributed by atoms with Crippen molar-refractivity contribution in [1.82, 2.24) is 10.6 Å². The lowest BCUT2D eigenvalue weighted by molar-refractivity contribution is -0.140. The van der Waals surface area contributed by atoms with Crippen LogP contribution >= 0.6 is 0 Å². The van der Waals surface area contributed by atoms with E-state index in [0.717, 1.165) is 0 Å². The molecule has 10 heteroatoms. The van der Waals surface area contributed by atoms with Crippen LogP contribution in [0.15, 0.2) is 0 Å². The quantitative estimate of drug-likeness (QED) is 0.428. The Hall–Kier alpha value is -1.84. The molecule has 0 aromatic rings. The molecule has 0 radical (unpaired) electrons. The normalized spacial score (nSPS) is 12.4. The van der Waals surface area contributed by atoms with Gasteiger partial charge in [0.15, 0.2) is 9.84 Å². The molecule has 0 rings (SSSR count). The van der Waals surface area contributed by atoms with Crippen molar-refractivity contribution in [2.45, 2.75) is 25.8 Å². The maximum absolute atomic E-state index is 11.3. The number of rotatable bonds is 9. The maximum Gasteiger partial charge on any atom is 0.326 e. The molecule has 0 saturated heterocycles. The highest BCUT2D eigenvalue weighted by molar-refractivity contribution is 7.91. The van der Waals surface area contributed by atoms with Crippen LogP contribution in [-0.2, 0) is 19.4 Å². The first-order valence-corrected chi connectivity index (χ1v) is 7.69. The summed E-state index contributed by atoms with van der Waals surface area (Å²) in [5.41, 5.74) is 0. The Morgan fingerprint density at radius 2 is 1.80 bits per heavy atom. The van der Waals surface area contributed by atoms with Gasteiger partial charge in [0.1, 0.15) is 6.04 Å². The van der Waals surface area contributed by atoms with E-state index in [1.165, 1.54) is 6.92 Å². The van der Waals surface area contributed by atoms with E-state index >= 15 is 0 Å². The molecule has 116 valence electrons. The average Bonchev–Trinajstić information content (AvgIpc) is 2.33. The predicted molar refractivity (Wildman–Crippen MR) is 69.2 cm³/mol. The van der Waals surface area contributed by atoms with Gasteiger partial charge in [-0.3, -0.25) is 4.79 Å². The largest absolute Gasteiger partial charge is 0.481 e. The summed E-state index contributed by atoms with van der Waals surface area (Å²) < 4.78 is 22.3. The van der Waals surface area contributed by atoms with Crippen molar-refractivity contribution in [2.75, 3.05) is 18.1 Å². The highest BCUT2D eigenvalue weighted by Crippen LogP contribution is 1.98. The number of hydrogen-bond donors (Lipinski definition) is 4. The lowest BCUT2D eigenvalue weighted by Crippen LogP contribution is -2.47. The van der Waals surface area contributed by atoms with Gasteiger partial charge in [0.25, 0.3) is 0 Å². The number of urea groups is 1. The van der Waals surface area contributed by atoms with E-state index < -0.39 is 40.3 Å². The van der Waals surface area contributed by atoms with E-state index in [1.807, 2.05) is 0 Å². The summed E-state index contributed by atoms with van der Waals surface area (Å²) in [6.07, 6.45) is -0.660. The second-order valence-electron chi connectivity index (χ2n) is 3.96. The lowest BCUT2D eigenvalue weighted by Gasteiger charge is -2.14. The first-order chi connectivity index (χ1) is 9.18. The molecule has 0 aliphatic rings. The highest BCUT2D eigenvalue weighted by Gasteiger charge is 2.20. The van der Waals surface area contributed by atoms with E-state index in [-0.39, 0.29) is 24.5 Å². The van der Waals surface area contributed by atoms with Crippen molar-refractivity contribution in [3.8, 4) is 0 Å². The van der Waals surface area contributed by atoms with Crippen molar-refractivity contribution >= 4 is 27.8 Å². The zero-order valence-corrected chi connectivity index (χ0v) is 11.8. The van der Waals surface area contributed by atoms with E-state index in [2.05, 4.69) is 10.6 Å². The minimum absolute atomic E-state index is 0.0489. The molecular formula is C10H18N2O7S. The van der Waals surface area contributed by atoms with Gasteiger partial charge in [-0.1, -0.05) is 6.92 Å². The molecule has 1 atom stereocenters. The minimum atomic E-state index is -3.22. The summed E-state index contributed by atoms with van der Waals surface area (Å²) >= 11 is 0. The Balaban J connectivity index is 4.20. The Labute approximate surface area is 116 Å². The Morgan fingerprint density at radius 3 is 2.25 bits per heavy atom. The number of sulfone groups is 1. The van der Waals surface area contributed by atoms with Gasteiger partial charge in [0, 0.05) is 18.7 Å². The second-order valence-corrected chi connectivity index (χ2v) is 6.43. The van der Waals surface area contributed by atoms with E-state index in [4.69, 9.17) is 10.2 Å². The van der Waals surface area contributed by atoms with Crippen molar-refractivity contribution < 1.29 is 33.0 Å². The van der Waals surface area contributed by atoms with Gasteiger partial charge in [-0.05, 0) is 6.42 Å². The third-order valence-corrected chi connectivity index (χ3v) is 4.09. The maximum atomic E-state index is 11.3. The summed E-state index contributed by atoms with van der Waals surface area (Å²) in [4.78, 5) is 32.5. The molecule has 0 fully saturated rings. The molecule has 9 nitrogen and oxygen atoms in total. The molecular weight excluding hydrogens is 292 g/mol. The zero-order valence-electron chi connectivity index (χ0n) is 11.0. The standard InChI is InChI=1S/C10H18N2O7S/c1-2-20(18,19)6-5-11-10(17)12-7(9(15)16)3-4-8(13)14/h7H,2-6H2,1H3,(H,13,14)(H,15,16)(H2,11,12,17)/t7-/m0/s1. The molecule has 0 spiro atoms. The summed E-state index contributed by atoms with van der Waals surface area (Å²) in [5, 5.41) is 21.5. The summed E-state index contributed by atoms with van der Waals surface area (Å²) in [5.74, 6) is -2.83. The van der Waals surface area contributed by atoms with Crippen LogP contribution in [0.2, 0.25) is 0 Å². The molecule has 0 aliphatic carbocycles. The number of carbonyl (C=O) groups excluding carboxylic acids is 1. The molecule has 0 bridgehead atoms. The van der Waals surface area contributed by atoms with Gasteiger partial charge < -0.3 is 20.8 Å². The first-order valence-electron chi connectivity index (χ1n) is 5.87. The predicted octanol–water partition coefficient (Wildman–Crippen LogP) is -0.962. The number of hydrogen-bond acceptors (Lipinski definition) is 5. The average molecular weight is 310 g/mol. The van der Waals surface area contributed by atoms with E-state index in [1.54, 1.807) is 0 Å². The van der Waals surface area contributed by atoms with Crippen molar-refractivity contribution in [3.05, 3.63) is 0 Å². The van der Waals surface area contributed by atoms with Crippen LogP contribution in [-0.4, -0.2) is 60.7 Å². The Morgan fingerprint density at radius 1 is 1.20 bits per heavy atom. The fourth-order valence-electron chi connectivity index (χ4n) is 1.20. The van der Waals surface area contributed by atoms with Crippen LogP contribution in [0.25, 0.3) is 0 Å². The smallest absolute Gasteiger partial charge is 0.326 e. The first kappa shape index (κ1) is 18.2. The number of nitrogens with one attached hydrogen (secondary N) is 2. The highest BCUT2D eigenvalue weighted by atomic mass is 32.2. The molecule has 2 amide bonds. The van der Waals surface area contributed by atoms with Gasteiger partial charge in [-0.25, -0.2) is 18.0 Å². The van der Waals surface area contributed by atoms with E-state index in [0.29, 0.717) is 0 Å². The molecule has 0 aromatic carbocycles. The number of carbonyl (C=O) groups is 3. The monoisotopic (exact) mass is 310 g/mol. The number of aliphatic carboxylic acids is 2. The van der Waals surface area contributed by atoms with E-state index in [9.17, 15) is 22.8 Å². The zero-order chi connectivity index (χ0) is 15.8. The number of carboxylic acids is 2. The number of carboxylic acid groups (broad SMARTS) is 2. The molecule has 0 aliphatic heterocycles. The van der Waals surface area contributed by atoms with Gasteiger partial charge in [-0.15, -0.1) is 0 Å². The number of amides is 2. The third kappa shape index (κ3) is 8.29. The van der Waals surface area contributed by atoms with Gasteiger partial charge in [0.2, 0.25) is 0 Å². The second kappa shape index (κ2) is 8.35. The van der Waals surface area contributed by atoms with Crippen molar-refractivity contribution in [3.63, 3.8) is 0 Å². The fourth-order valence-corrected chi connectivity index (χ4v) is 1.90. The topological polar surface area (TPSA) is 150 Å².